The van der Waals surface area contributed by atoms with Gasteiger partial charge in [0.25, 0.3) is 0 Å². The molecule has 0 aliphatic rings. The lowest BCUT2D eigenvalue weighted by Crippen LogP contribution is -2.31. The first kappa shape index (κ1) is 23.6. The van der Waals surface area contributed by atoms with Gasteiger partial charge in [0.15, 0.2) is 11.6 Å². The Morgan fingerprint density at radius 1 is 1.25 bits per heavy atom. The summed E-state index contributed by atoms with van der Waals surface area (Å²) < 4.78 is 10.7. The molecule has 0 aliphatic carbocycles. The van der Waals surface area contributed by atoms with Crippen molar-refractivity contribution in [2.24, 2.45) is 0 Å². The van der Waals surface area contributed by atoms with Crippen molar-refractivity contribution in [3.8, 4) is 5.75 Å². The van der Waals surface area contributed by atoms with Gasteiger partial charge in [-0.15, -0.1) is 0 Å². The first-order valence-electron chi connectivity index (χ1n) is 9.27. The van der Waals surface area contributed by atoms with Gasteiger partial charge in [0, 0.05) is 0 Å². The van der Waals surface area contributed by atoms with Crippen LogP contribution in [0.5, 0.6) is 5.75 Å². The number of esters is 1. The van der Waals surface area contributed by atoms with E-state index in [9.17, 15) is 4.79 Å². The number of carbonyl (C=O) groups is 1. The minimum absolute atomic E-state index is 0. The second kappa shape index (κ2) is 12.8. The van der Waals surface area contributed by atoms with E-state index in [1.165, 1.54) is 18.9 Å². The maximum atomic E-state index is 12.0. The molecule has 8 heteroatoms. The van der Waals surface area contributed by atoms with Crippen LogP contribution in [0.4, 0.5) is 11.8 Å². The highest BCUT2D eigenvalue weighted by Gasteiger charge is 2.21. The molecular formula is C20H30N4O3S. The summed E-state index contributed by atoms with van der Waals surface area (Å²) in [5, 5.41) is 3.10. The van der Waals surface area contributed by atoms with Crippen LogP contribution < -0.4 is 15.8 Å². The van der Waals surface area contributed by atoms with Crippen LogP contribution in [0.25, 0.3) is 0 Å². The molecule has 3 N–H and O–H groups in total. The molecule has 0 spiro atoms. The Labute approximate surface area is 173 Å². The number of methoxy groups -OCH3 is 1. The van der Waals surface area contributed by atoms with Crippen molar-refractivity contribution in [2.75, 3.05) is 24.8 Å². The Morgan fingerprint density at radius 2 is 2.00 bits per heavy atom. The lowest BCUT2D eigenvalue weighted by molar-refractivity contribution is -0.141. The Morgan fingerprint density at radius 3 is 2.68 bits per heavy atom. The second-order valence-electron chi connectivity index (χ2n) is 6.24. The number of nitrogens with one attached hydrogen (secondary N) is 1. The first-order valence-corrected chi connectivity index (χ1v) is 9.27. The highest BCUT2D eigenvalue weighted by molar-refractivity contribution is 7.59. The molecule has 1 aromatic carbocycles. The molecule has 0 unspecified atom stereocenters. The van der Waals surface area contributed by atoms with E-state index in [0.29, 0.717) is 24.6 Å². The van der Waals surface area contributed by atoms with E-state index in [2.05, 4.69) is 34.3 Å². The summed E-state index contributed by atoms with van der Waals surface area (Å²) in [6.45, 7) is 2.58. The molecule has 0 aliphatic heterocycles. The SMILES string of the molecule is CCCC[C@@H](Nc1nc(N)ncc1OCCCc1ccccc1)C(=O)OC.S. The fraction of sp³-hybridized carbons (Fsp3) is 0.450. The van der Waals surface area contributed by atoms with Crippen molar-refractivity contribution in [3.05, 3.63) is 42.1 Å². The quantitative estimate of drug-likeness (QED) is 0.436. The summed E-state index contributed by atoms with van der Waals surface area (Å²) in [5.74, 6) is 0.667. The molecule has 1 atom stereocenters. The van der Waals surface area contributed by atoms with Crippen molar-refractivity contribution in [1.82, 2.24) is 9.97 Å². The number of benzene rings is 1. The highest BCUT2D eigenvalue weighted by Crippen LogP contribution is 2.24. The van der Waals surface area contributed by atoms with Crippen molar-refractivity contribution in [3.63, 3.8) is 0 Å². The number of nitrogens with two attached hydrogens (primary N) is 1. The molecule has 0 radical (unpaired) electrons. The van der Waals surface area contributed by atoms with Crippen LogP contribution in [0.2, 0.25) is 0 Å². The molecular weight excluding hydrogens is 376 g/mol. The van der Waals surface area contributed by atoms with E-state index < -0.39 is 6.04 Å². The number of ether oxygens (including phenoxy) is 2. The molecule has 28 heavy (non-hydrogen) atoms. The third kappa shape index (κ3) is 7.64. The highest BCUT2D eigenvalue weighted by atomic mass is 32.1. The number of nitrogens with zero attached hydrogens (tertiary/aromatic N) is 2. The molecule has 0 saturated heterocycles. The summed E-state index contributed by atoms with van der Waals surface area (Å²) in [7, 11) is 1.37. The number of aromatic nitrogens is 2. The number of hydrogen-bond donors (Lipinski definition) is 2. The number of rotatable bonds is 11. The molecule has 2 aromatic rings. The first-order chi connectivity index (χ1) is 13.1. The van der Waals surface area contributed by atoms with Crippen LogP contribution in [-0.4, -0.2) is 35.7 Å². The van der Waals surface area contributed by atoms with Gasteiger partial charge in [-0.05, 0) is 24.8 Å². The average Bonchev–Trinajstić information content (AvgIpc) is 2.69. The minimum Gasteiger partial charge on any atom is -0.488 e. The largest absolute Gasteiger partial charge is 0.488 e. The van der Waals surface area contributed by atoms with E-state index >= 15 is 0 Å². The van der Waals surface area contributed by atoms with Gasteiger partial charge in [-0.3, -0.25) is 0 Å². The number of hydrogen-bond acceptors (Lipinski definition) is 7. The van der Waals surface area contributed by atoms with Gasteiger partial charge in [0.05, 0.1) is 19.9 Å². The Hall–Kier alpha value is -2.48. The summed E-state index contributed by atoms with van der Waals surface area (Å²) in [5.41, 5.74) is 6.97. The van der Waals surface area contributed by atoms with Crippen molar-refractivity contribution >= 4 is 31.2 Å². The molecule has 154 valence electrons. The Balaban J connectivity index is 0.00000392. The van der Waals surface area contributed by atoms with Gasteiger partial charge in [0.1, 0.15) is 6.04 Å². The van der Waals surface area contributed by atoms with Crippen LogP contribution in [0.1, 0.15) is 38.2 Å². The van der Waals surface area contributed by atoms with E-state index in [1.54, 1.807) is 0 Å². The normalized spacial score (nSPS) is 11.2. The molecule has 7 nitrogen and oxygen atoms in total. The molecule has 0 saturated carbocycles. The fourth-order valence-corrected chi connectivity index (χ4v) is 2.66. The Bertz CT molecular complexity index is 716. The molecule has 0 amide bonds. The van der Waals surface area contributed by atoms with Crippen LogP contribution in [0.3, 0.4) is 0 Å². The van der Waals surface area contributed by atoms with E-state index in [4.69, 9.17) is 15.2 Å². The monoisotopic (exact) mass is 406 g/mol. The zero-order valence-corrected chi connectivity index (χ0v) is 17.5. The summed E-state index contributed by atoms with van der Waals surface area (Å²) in [4.78, 5) is 20.2. The van der Waals surface area contributed by atoms with E-state index in [0.717, 1.165) is 25.7 Å². The Kier molecular flexibility index (Phi) is 10.8. The van der Waals surface area contributed by atoms with Gasteiger partial charge in [-0.1, -0.05) is 50.1 Å². The third-order valence-electron chi connectivity index (χ3n) is 4.13. The van der Waals surface area contributed by atoms with E-state index in [1.807, 2.05) is 18.2 Å². The summed E-state index contributed by atoms with van der Waals surface area (Å²) >= 11 is 0. The van der Waals surface area contributed by atoms with Crippen molar-refractivity contribution < 1.29 is 14.3 Å². The number of carbonyl (C=O) groups excluding carboxylic acids is 1. The lowest BCUT2D eigenvalue weighted by Gasteiger charge is -2.19. The van der Waals surface area contributed by atoms with Crippen LogP contribution in [-0.2, 0) is 16.0 Å². The number of aryl methyl sites for hydroxylation is 1. The van der Waals surface area contributed by atoms with Crippen molar-refractivity contribution in [1.29, 1.82) is 0 Å². The van der Waals surface area contributed by atoms with Gasteiger partial charge in [-0.25, -0.2) is 9.78 Å². The molecule has 1 aromatic heterocycles. The van der Waals surface area contributed by atoms with Gasteiger partial charge in [-0.2, -0.15) is 18.5 Å². The standard InChI is InChI=1S/C20H28N4O3.H2S/c1-3-4-12-16(19(25)26-2)23-18-17(14-22-20(21)24-18)27-13-8-11-15-9-6-5-7-10-15;/h5-7,9-10,14,16H,3-4,8,11-13H2,1-2H3,(H3,21,22,23,24);1H2/t16-;/m1./s1. The molecule has 2 rings (SSSR count). The summed E-state index contributed by atoms with van der Waals surface area (Å²) in [6, 6.07) is 9.72. The topological polar surface area (TPSA) is 99.4 Å². The number of nitrogen functional groups attached to an aromatic ring is 1. The lowest BCUT2D eigenvalue weighted by atomic mass is 10.1. The maximum Gasteiger partial charge on any atom is 0.328 e. The second-order valence-corrected chi connectivity index (χ2v) is 6.24. The summed E-state index contributed by atoms with van der Waals surface area (Å²) in [6.07, 6.45) is 5.80. The fourth-order valence-electron chi connectivity index (χ4n) is 2.66. The van der Waals surface area contributed by atoms with Crippen LogP contribution in [0, 0.1) is 0 Å². The molecule has 0 bridgehead atoms. The van der Waals surface area contributed by atoms with Gasteiger partial charge < -0.3 is 20.5 Å². The zero-order valence-electron chi connectivity index (χ0n) is 16.5. The van der Waals surface area contributed by atoms with Crippen LogP contribution >= 0.6 is 13.5 Å². The zero-order chi connectivity index (χ0) is 19.5. The smallest absolute Gasteiger partial charge is 0.328 e. The average molecular weight is 407 g/mol. The van der Waals surface area contributed by atoms with Gasteiger partial charge >= 0.3 is 5.97 Å². The molecule has 1 heterocycles. The van der Waals surface area contributed by atoms with Crippen LogP contribution in [0.15, 0.2) is 36.5 Å². The van der Waals surface area contributed by atoms with E-state index in [-0.39, 0.29) is 25.4 Å². The van der Waals surface area contributed by atoms with Gasteiger partial charge in [0.2, 0.25) is 5.95 Å². The number of anilines is 2. The number of unbranched alkanes of at least 4 members (excludes halogenated alkanes) is 1. The molecule has 0 fully saturated rings. The maximum absolute atomic E-state index is 12.0. The third-order valence-corrected chi connectivity index (χ3v) is 4.13. The minimum atomic E-state index is -0.504. The predicted octanol–water partition coefficient (Wildman–Crippen LogP) is 3.33. The predicted molar refractivity (Wildman–Crippen MR) is 116 cm³/mol. The van der Waals surface area contributed by atoms with Crippen molar-refractivity contribution in [2.45, 2.75) is 45.1 Å².